The lowest BCUT2D eigenvalue weighted by molar-refractivity contribution is 0.0658. The molecule has 0 unspecified atom stereocenters. The molecule has 0 radical (unpaired) electrons. The van der Waals surface area contributed by atoms with Gasteiger partial charge in [-0.15, -0.1) is 0 Å². The third kappa shape index (κ3) is 3.96. The van der Waals surface area contributed by atoms with Gasteiger partial charge in [-0.05, 0) is 24.4 Å². The van der Waals surface area contributed by atoms with Gasteiger partial charge >= 0.3 is 0 Å². The number of nitrogens with zero attached hydrogens (tertiary/aromatic N) is 3. The van der Waals surface area contributed by atoms with Crippen LogP contribution >= 0.6 is 11.6 Å². The first kappa shape index (κ1) is 13.3. The molecule has 100 valence electrons. The lowest BCUT2D eigenvalue weighted by Crippen LogP contribution is -2.17. The van der Waals surface area contributed by atoms with Crippen molar-refractivity contribution < 1.29 is 4.74 Å². The van der Waals surface area contributed by atoms with Gasteiger partial charge in [0.15, 0.2) is 0 Å². The fourth-order valence-electron chi connectivity index (χ4n) is 1.98. The molecule has 0 saturated heterocycles. The molecule has 0 amide bonds. The third-order valence-electron chi connectivity index (χ3n) is 2.87. The van der Waals surface area contributed by atoms with E-state index in [4.69, 9.17) is 16.3 Å². The normalized spacial score (nSPS) is 15.9. The molecule has 1 aliphatic carbocycles. The van der Waals surface area contributed by atoms with Crippen molar-refractivity contribution in [3.8, 4) is 0 Å². The average molecular weight is 272 g/mol. The average Bonchev–Trinajstić information content (AvgIpc) is 2.87. The maximum absolute atomic E-state index is 5.77. The molecule has 18 heavy (non-hydrogen) atoms. The Morgan fingerprint density at radius 2 is 1.94 bits per heavy atom. The smallest absolute Gasteiger partial charge is 0.228 e. The Kier molecular flexibility index (Phi) is 4.95. The SMILES string of the molecule is CNc1nc(Cl)nc(NCCOC2CCCC2)n1. The molecule has 0 aromatic carbocycles. The highest BCUT2D eigenvalue weighted by Crippen LogP contribution is 2.20. The lowest BCUT2D eigenvalue weighted by atomic mass is 10.3. The van der Waals surface area contributed by atoms with Crippen molar-refractivity contribution in [3.63, 3.8) is 0 Å². The van der Waals surface area contributed by atoms with Crippen LogP contribution in [0.4, 0.5) is 11.9 Å². The fraction of sp³-hybridized carbons (Fsp3) is 0.727. The number of nitrogens with one attached hydrogen (secondary N) is 2. The van der Waals surface area contributed by atoms with Gasteiger partial charge in [0.25, 0.3) is 0 Å². The molecule has 7 heteroatoms. The van der Waals surface area contributed by atoms with E-state index in [1.54, 1.807) is 7.05 Å². The molecule has 0 aliphatic heterocycles. The van der Waals surface area contributed by atoms with E-state index in [9.17, 15) is 0 Å². The van der Waals surface area contributed by atoms with Crippen LogP contribution in [0.25, 0.3) is 0 Å². The van der Waals surface area contributed by atoms with Gasteiger partial charge in [0.2, 0.25) is 17.2 Å². The third-order valence-corrected chi connectivity index (χ3v) is 3.04. The Morgan fingerprint density at radius 1 is 1.22 bits per heavy atom. The van der Waals surface area contributed by atoms with Crippen molar-refractivity contribution in [2.24, 2.45) is 0 Å². The summed E-state index contributed by atoms with van der Waals surface area (Å²) in [5.41, 5.74) is 0. The molecule has 1 aromatic rings. The Labute approximate surface area is 112 Å². The minimum absolute atomic E-state index is 0.175. The summed E-state index contributed by atoms with van der Waals surface area (Å²) in [5, 5.41) is 6.07. The van der Waals surface area contributed by atoms with Gasteiger partial charge in [-0.2, -0.15) is 15.0 Å². The molecule has 0 atom stereocenters. The van der Waals surface area contributed by atoms with Gasteiger partial charge in [-0.1, -0.05) is 12.8 Å². The van der Waals surface area contributed by atoms with Crippen LogP contribution < -0.4 is 10.6 Å². The molecule has 0 bridgehead atoms. The van der Waals surface area contributed by atoms with E-state index >= 15 is 0 Å². The predicted octanol–water partition coefficient (Wildman–Crippen LogP) is 1.94. The van der Waals surface area contributed by atoms with E-state index in [1.165, 1.54) is 25.7 Å². The Morgan fingerprint density at radius 3 is 2.67 bits per heavy atom. The molecule has 0 spiro atoms. The second-order valence-electron chi connectivity index (χ2n) is 4.21. The van der Waals surface area contributed by atoms with E-state index < -0.39 is 0 Å². The van der Waals surface area contributed by atoms with Crippen molar-refractivity contribution in [1.82, 2.24) is 15.0 Å². The quantitative estimate of drug-likeness (QED) is 0.771. The van der Waals surface area contributed by atoms with E-state index in [-0.39, 0.29) is 5.28 Å². The highest BCUT2D eigenvalue weighted by atomic mass is 35.5. The van der Waals surface area contributed by atoms with Crippen LogP contribution in [-0.2, 0) is 4.74 Å². The van der Waals surface area contributed by atoms with Crippen molar-refractivity contribution in [3.05, 3.63) is 5.28 Å². The molecule has 1 aromatic heterocycles. The Bertz CT molecular complexity index is 384. The van der Waals surface area contributed by atoms with E-state index in [1.807, 2.05) is 0 Å². The number of hydrogen-bond acceptors (Lipinski definition) is 6. The summed E-state index contributed by atoms with van der Waals surface area (Å²) >= 11 is 5.77. The number of halogens is 1. The molecular weight excluding hydrogens is 254 g/mol. The van der Waals surface area contributed by atoms with E-state index in [0.717, 1.165) is 0 Å². The van der Waals surface area contributed by atoms with Crippen LogP contribution in [0.1, 0.15) is 25.7 Å². The first-order valence-electron chi connectivity index (χ1n) is 6.23. The first-order chi connectivity index (χ1) is 8.78. The summed E-state index contributed by atoms with van der Waals surface area (Å²) in [6, 6.07) is 0. The lowest BCUT2D eigenvalue weighted by Gasteiger charge is -2.11. The molecule has 1 heterocycles. The number of rotatable bonds is 6. The monoisotopic (exact) mass is 271 g/mol. The maximum atomic E-state index is 5.77. The van der Waals surface area contributed by atoms with Crippen LogP contribution in [-0.4, -0.2) is 41.3 Å². The second kappa shape index (κ2) is 6.70. The number of hydrogen-bond donors (Lipinski definition) is 2. The van der Waals surface area contributed by atoms with Crippen molar-refractivity contribution in [1.29, 1.82) is 0 Å². The summed E-state index contributed by atoms with van der Waals surface area (Å²) in [6.07, 6.45) is 5.36. The predicted molar refractivity (Wildman–Crippen MR) is 71.1 cm³/mol. The highest BCUT2D eigenvalue weighted by Gasteiger charge is 2.14. The summed E-state index contributed by atoms with van der Waals surface area (Å²) in [6.45, 7) is 1.32. The van der Waals surface area contributed by atoms with Crippen molar-refractivity contribution in [2.75, 3.05) is 30.8 Å². The van der Waals surface area contributed by atoms with E-state index in [2.05, 4.69) is 25.6 Å². The van der Waals surface area contributed by atoms with Crippen molar-refractivity contribution >= 4 is 23.5 Å². The Hall–Kier alpha value is -1.14. The molecule has 1 aliphatic rings. The molecule has 2 N–H and O–H groups in total. The molecular formula is C11H18ClN5O. The summed E-state index contributed by atoms with van der Waals surface area (Å²) in [5.74, 6) is 0.920. The first-order valence-corrected chi connectivity index (χ1v) is 6.60. The van der Waals surface area contributed by atoms with Crippen LogP contribution in [0, 0.1) is 0 Å². The zero-order valence-corrected chi connectivity index (χ0v) is 11.2. The zero-order valence-electron chi connectivity index (χ0n) is 10.4. The highest BCUT2D eigenvalue weighted by molar-refractivity contribution is 6.28. The van der Waals surface area contributed by atoms with E-state index in [0.29, 0.717) is 31.2 Å². The molecule has 1 saturated carbocycles. The second-order valence-corrected chi connectivity index (χ2v) is 4.54. The zero-order chi connectivity index (χ0) is 12.8. The van der Waals surface area contributed by atoms with Crippen LogP contribution in [0.2, 0.25) is 5.28 Å². The van der Waals surface area contributed by atoms with Gasteiger partial charge in [0.05, 0.1) is 12.7 Å². The number of anilines is 2. The van der Waals surface area contributed by atoms with Gasteiger partial charge in [-0.3, -0.25) is 0 Å². The maximum Gasteiger partial charge on any atom is 0.228 e. The number of ether oxygens (including phenoxy) is 1. The summed E-state index contributed by atoms with van der Waals surface area (Å²) in [7, 11) is 1.73. The van der Waals surface area contributed by atoms with Crippen LogP contribution in [0.15, 0.2) is 0 Å². The molecule has 1 fully saturated rings. The topological polar surface area (TPSA) is 72.0 Å². The number of aromatic nitrogens is 3. The van der Waals surface area contributed by atoms with Gasteiger partial charge in [-0.25, -0.2) is 0 Å². The molecule has 2 rings (SSSR count). The standard InChI is InChI=1S/C11H18ClN5O/c1-13-10-15-9(12)16-11(17-10)14-6-7-18-8-4-2-3-5-8/h8H,2-7H2,1H3,(H2,13,14,15,16,17). The fourth-order valence-corrected chi connectivity index (χ4v) is 2.14. The molecule has 6 nitrogen and oxygen atoms in total. The summed E-state index contributed by atoms with van der Waals surface area (Å²) < 4.78 is 5.73. The van der Waals surface area contributed by atoms with Crippen LogP contribution in [0.5, 0.6) is 0 Å². The van der Waals surface area contributed by atoms with Gasteiger partial charge in [0, 0.05) is 13.6 Å². The Balaban J connectivity index is 1.73. The minimum Gasteiger partial charge on any atom is -0.376 e. The van der Waals surface area contributed by atoms with Gasteiger partial charge in [0.1, 0.15) is 0 Å². The largest absolute Gasteiger partial charge is 0.376 e. The van der Waals surface area contributed by atoms with Crippen molar-refractivity contribution in [2.45, 2.75) is 31.8 Å². The minimum atomic E-state index is 0.175. The van der Waals surface area contributed by atoms with Crippen LogP contribution in [0.3, 0.4) is 0 Å². The van der Waals surface area contributed by atoms with Gasteiger partial charge < -0.3 is 15.4 Å². The summed E-state index contributed by atoms with van der Waals surface area (Å²) in [4.78, 5) is 12.0.